The van der Waals surface area contributed by atoms with Crippen molar-refractivity contribution in [3.8, 4) is 0 Å². The molecule has 106 valence electrons. The first kappa shape index (κ1) is 14.1. The van der Waals surface area contributed by atoms with Crippen molar-refractivity contribution in [2.75, 3.05) is 20.1 Å². The minimum absolute atomic E-state index is 0.186. The number of carbonyl (C=O) groups is 1. The summed E-state index contributed by atoms with van der Waals surface area (Å²) in [5.41, 5.74) is 2.02. The zero-order valence-electron chi connectivity index (χ0n) is 12.1. The maximum atomic E-state index is 12.5. The second-order valence-corrected chi connectivity index (χ2v) is 5.38. The standard InChI is InChI=1S/C14H24N4O/c1-11-8-12(2)18(16-11)10-14(19)17-7-5-4-6-13(17)9-15-3/h8,13,15H,4-7,9-10H2,1-3H3. The Balaban J connectivity index is 2.03. The van der Waals surface area contributed by atoms with E-state index in [1.807, 2.05) is 36.5 Å². The van der Waals surface area contributed by atoms with Gasteiger partial charge in [0, 0.05) is 24.8 Å². The molecule has 1 amide bonds. The summed E-state index contributed by atoms with van der Waals surface area (Å²) in [6.07, 6.45) is 3.43. The number of aromatic nitrogens is 2. The van der Waals surface area contributed by atoms with Gasteiger partial charge in [-0.3, -0.25) is 9.48 Å². The summed E-state index contributed by atoms with van der Waals surface area (Å²) in [7, 11) is 1.94. The third kappa shape index (κ3) is 3.35. The maximum absolute atomic E-state index is 12.5. The predicted octanol–water partition coefficient (Wildman–Crippen LogP) is 1.10. The van der Waals surface area contributed by atoms with Gasteiger partial charge in [-0.1, -0.05) is 0 Å². The quantitative estimate of drug-likeness (QED) is 0.886. The molecule has 5 heteroatoms. The monoisotopic (exact) mass is 264 g/mol. The Labute approximate surface area is 115 Å². The zero-order valence-corrected chi connectivity index (χ0v) is 12.1. The van der Waals surface area contributed by atoms with Crippen molar-refractivity contribution in [2.45, 2.75) is 45.7 Å². The topological polar surface area (TPSA) is 50.2 Å². The molecule has 0 bridgehead atoms. The average Bonchev–Trinajstić information content (AvgIpc) is 2.69. The molecule has 19 heavy (non-hydrogen) atoms. The van der Waals surface area contributed by atoms with Gasteiger partial charge in [0.15, 0.2) is 0 Å². The number of amides is 1. The van der Waals surface area contributed by atoms with Gasteiger partial charge in [-0.25, -0.2) is 0 Å². The Morgan fingerprint density at radius 1 is 1.47 bits per heavy atom. The first-order valence-electron chi connectivity index (χ1n) is 7.07. The van der Waals surface area contributed by atoms with E-state index in [9.17, 15) is 4.79 Å². The SMILES string of the molecule is CNCC1CCCCN1C(=O)Cn1nc(C)cc1C. The van der Waals surface area contributed by atoms with Crippen molar-refractivity contribution in [1.82, 2.24) is 20.0 Å². The van der Waals surface area contributed by atoms with E-state index in [0.717, 1.165) is 37.3 Å². The van der Waals surface area contributed by atoms with E-state index in [4.69, 9.17) is 0 Å². The van der Waals surface area contributed by atoms with Crippen LogP contribution in [0.4, 0.5) is 0 Å². The van der Waals surface area contributed by atoms with Gasteiger partial charge in [0.25, 0.3) is 0 Å². The number of carbonyl (C=O) groups excluding carboxylic acids is 1. The fourth-order valence-corrected chi connectivity index (χ4v) is 2.83. The Bertz CT molecular complexity index is 439. The van der Waals surface area contributed by atoms with Crippen molar-refractivity contribution in [3.63, 3.8) is 0 Å². The number of likely N-dealkylation sites (tertiary alicyclic amines) is 1. The van der Waals surface area contributed by atoms with Gasteiger partial charge in [-0.05, 0) is 46.2 Å². The van der Waals surface area contributed by atoms with Gasteiger partial charge < -0.3 is 10.2 Å². The Hall–Kier alpha value is -1.36. The van der Waals surface area contributed by atoms with Crippen LogP contribution in [0.1, 0.15) is 30.7 Å². The fraction of sp³-hybridized carbons (Fsp3) is 0.714. The van der Waals surface area contributed by atoms with Crippen molar-refractivity contribution in [3.05, 3.63) is 17.5 Å². The van der Waals surface area contributed by atoms with Gasteiger partial charge in [-0.2, -0.15) is 5.10 Å². The van der Waals surface area contributed by atoms with Gasteiger partial charge in [0.05, 0.1) is 5.69 Å². The lowest BCUT2D eigenvalue weighted by atomic mass is 10.0. The molecule has 0 spiro atoms. The molecular formula is C14H24N4O. The number of aryl methyl sites for hydroxylation is 2. The van der Waals surface area contributed by atoms with Crippen molar-refractivity contribution >= 4 is 5.91 Å². The van der Waals surface area contributed by atoms with Crippen LogP contribution in [0.3, 0.4) is 0 Å². The Morgan fingerprint density at radius 3 is 2.89 bits per heavy atom. The summed E-state index contributed by atoms with van der Waals surface area (Å²) in [5.74, 6) is 0.186. The molecule has 0 saturated carbocycles. The summed E-state index contributed by atoms with van der Waals surface area (Å²) in [6.45, 7) is 6.07. The number of hydrogen-bond donors (Lipinski definition) is 1. The van der Waals surface area contributed by atoms with Crippen LogP contribution < -0.4 is 5.32 Å². The van der Waals surface area contributed by atoms with Crippen LogP contribution >= 0.6 is 0 Å². The van der Waals surface area contributed by atoms with E-state index in [-0.39, 0.29) is 5.91 Å². The Morgan fingerprint density at radius 2 is 2.26 bits per heavy atom. The molecule has 0 aliphatic carbocycles. The van der Waals surface area contributed by atoms with Crippen LogP contribution in [0.25, 0.3) is 0 Å². The highest BCUT2D eigenvalue weighted by Gasteiger charge is 2.26. The third-order valence-electron chi connectivity index (χ3n) is 3.78. The van der Waals surface area contributed by atoms with Crippen LogP contribution in [0.5, 0.6) is 0 Å². The smallest absolute Gasteiger partial charge is 0.244 e. The first-order chi connectivity index (χ1) is 9.11. The molecule has 2 heterocycles. The van der Waals surface area contributed by atoms with Crippen molar-refractivity contribution in [2.24, 2.45) is 0 Å². The van der Waals surface area contributed by atoms with Gasteiger partial charge in [0.1, 0.15) is 6.54 Å². The lowest BCUT2D eigenvalue weighted by molar-refractivity contribution is -0.135. The molecule has 1 atom stereocenters. The zero-order chi connectivity index (χ0) is 13.8. The number of nitrogens with zero attached hydrogens (tertiary/aromatic N) is 3. The molecule has 1 fully saturated rings. The molecule has 1 N–H and O–H groups in total. The highest BCUT2D eigenvalue weighted by molar-refractivity contribution is 5.76. The summed E-state index contributed by atoms with van der Waals surface area (Å²) < 4.78 is 1.81. The van der Waals surface area contributed by atoms with Crippen LogP contribution in [0.15, 0.2) is 6.07 Å². The number of likely N-dealkylation sites (N-methyl/N-ethyl adjacent to an activating group) is 1. The maximum Gasteiger partial charge on any atom is 0.244 e. The first-order valence-corrected chi connectivity index (χ1v) is 7.07. The van der Waals surface area contributed by atoms with Crippen LogP contribution in [-0.4, -0.2) is 46.8 Å². The van der Waals surface area contributed by atoms with E-state index < -0.39 is 0 Å². The van der Waals surface area contributed by atoms with E-state index >= 15 is 0 Å². The second kappa shape index (κ2) is 6.19. The summed E-state index contributed by atoms with van der Waals surface area (Å²) in [5, 5.41) is 7.55. The van der Waals surface area contributed by atoms with Crippen molar-refractivity contribution < 1.29 is 4.79 Å². The average molecular weight is 264 g/mol. The number of nitrogens with one attached hydrogen (secondary N) is 1. The second-order valence-electron chi connectivity index (χ2n) is 5.38. The minimum atomic E-state index is 0.186. The summed E-state index contributed by atoms with van der Waals surface area (Å²) in [6, 6.07) is 2.34. The predicted molar refractivity (Wildman–Crippen MR) is 75.0 cm³/mol. The Kier molecular flexibility index (Phi) is 4.58. The lowest BCUT2D eigenvalue weighted by Gasteiger charge is -2.35. The van der Waals surface area contributed by atoms with Crippen LogP contribution in [0, 0.1) is 13.8 Å². The molecule has 2 rings (SSSR count). The van der Waals surface area contributed by atoms with Crippen LogP contribution in [-0.2, 0) is 11.3 Å². The number of piperidine rings is 1. The molecule has 1 saturated heterocycles. The molecule has 5 nitrogen and oxygen atoms in total. The number of hydrogen-bond acceptors (Lipinski definition) is 3. The molecule has 1 aliphatic rings. The molecule has 1 aliphatic heterocycles. The molecule has 0 aromatic carbocycles. The van der Waals surface area contributed by atoms with Gasteiger partial charge in [0.2, 0.25) is 5.91 Å². The normalized spacial score (nSPS) is 19.7. The summed E-state index contributed by atoms with van der Waals surface area (Å²) in [4.78, 5) is 14.5. The van der Waals surface area contributed by atoms with E-state index in [2.05, 4.69) is 10.4 Å². The molecule has 1 aromatic heterocycles. The largest absolute Gasteiger partial charge is 0.337 e. The highest BCUT2D eigenvalue weighted by Crippen LogP contribution is 2.17. The number of rotatable bonds is 4. The minimum Gasteiger partial charge on any atom is -0.337 e. The fourth-order valence-electron chi connectivity index (χ4n) is 2.83. The van der Waals surface area contributed by atoms with Gasteiger partial charge in [-0.15, -0.1) is 0 Å². The van der Waals surface area contributed by atoms with Gasteiger partial charge >= 0.3 is 0 Å². The van der Waals surface area contributed by atoms with E-state index in [1.54, 1.807) is 0 Å². The molecular weight excluding hydrogens is 240 g/mol. The summed E-state index contributed by atoms with van der Waals surface area (Å²) >= 11 is 0. The lowest BCUT2D eigenvalue weighted by Crippen LogP contribution is -2.49. The van der Waals surface area contributed by atoms with E-state index in [0.29, 0.717) is 12.6 Å². The molecule has 1 aromatic rings. The van der Waals surface area contributed by atoms with Crippen molar-refractivity contribution in [1.29, 1.82) is 0 Å². The van der Waals surface area contributed by atoms with E-state index in [1.165, 1.54) is 6.42 Å². The molecule has 1 unspecified atom stereocenters. The van der Waals surface area contributed by atoms with Crippen LogP contribution in [0.2, 0.25) is 0 Å². The molecule has 0 radical (unpaired) electrons. The highest BCUT2D eigenvalue weighted by atomic mass is 16.2. The third-order valence-corrected chi connectivity index (χ3v) is 3.78.